The van der Waals surface area contributed by atoms with E-state index < -0.39 is 16.1 Å². The summed E-state index contributed by atoms with van der Waals surface area (Å²) >= 11 is 3.23. The Bertz CT molecular complexity index is 2040. The Morgan fingerprint density at radius 3 is 1.19 bits per heavy atom. The molecule has 4 nitrogen and oxygen atoms in total. The maximum absolute atomic E-state index is 13.6. The molecule has 0 bridgehead atoms. The molecule has 270 valence electrons. The quantitative estimate of drug-likeness (QED) is 0.0898. The number of carbonyl (C=O) groups excluding carboxylic acids is 2. The topological polar surface area (TPSA) is 40.6 Å². The Morgan fingerprint density at radius 2 is 0.865 bits per heavy atom. The summed E-state index contributed by atoms with van der Waals surface area (Å²) in [6.07, 6.45) is 4.33. The number of amides is 2. The number of benzene rings is 3. The highest BCUT2D eigenvalue weighted by atomic mass is 32.1. The summed E-state index contributed by atoms with van der Waals surface area (Å²) in [7, 11) is -3.56. The molecule has 0 spiro atoms. The maximum atomic E-state index is 13.6. The van der Waals surface area contributed by atoms with Crippen molar-refractivity contribution in [1.29, 1.82) is 0 Å². The van der Waals surface area contributed by atoms with Gasteiger partial charge in [0.1, 0.15) is 16.1 Å². The fourth-order valence-corrected chi connectivity index (χ4v) is 15.3. The van der Waals surface area contributed by atoms with E-state index in [1.54, 1.807) is 22.7 Å². The lowest BCUT2D eigenvalue weighted by Crippen LogP contribution is -2.29. The van der Waals surface area contributed by atoms with Crippen LogP contribution in [0.25, 0.3) is 41.7 Å². The molecule has 0 radical (unpaired) electrons. The minimum absolute atomic E-state index is 0.154. The number of carbonyl (C=O) groups is 2. The Hall–Kier alpha value is -3.41. The van der Waals surface area contributed by atoms with Gasteiger partial charge in [-0.05, 0) is 120 Å². The molecule has 2 aliphatic heterocycles. The van der Waals surface area contributed by atoms with Crippen LogP contribution in [0.2, 0.25) is 36.3 Å². The minimum atomic E-state index is -1.78. The number of hydrogen-bond acceptors (Lipinski definition) is 4. The van der Waals surface area contributed by atoms with Crippen LogP contribution in [0.1, 0.15) is 97.7 Å². The zero-order chi connectivity index (χ0) is 36.6. The molecule has 2 fully saturated rings. The summed E-state index contributed by atoms with van der Waals surface area (Å²) in [5.74, 6) is 8.04. The fraction of sp³-hybridized carbons (Fsp3) is 0.455. The second-order valence-corrected chi connectivity index (χ2v) is 27.1. The second-order valence-electron chi connectivity index (χ2n) is 15.0. The summed E-state index contributed by atoms with van der Waals surface area (Å²) in [6, 6.07) is 20.3. The predicted molar refractivity (Wildman–Crippen MR) is 231 cm³/mol. The van der Waals surface area contributed by atoms with Crippen molar-refractivity contribution in [2.24, 2.45) is 0 Å². The van der Waals surface area contributed by atoms with Gasteiger partial charge in [0.25, 0.3) is 11.8 Å². The molecule has 2 aliphatic rings. The van der Waals surface area contributed by atoms with Crippen LogP contribution in [-0.2, 0) is 0 Å². The van der Waals surface area contributed by atoms with Crippen LogP contribution >= 0.6 is 22.7 Å². The summed E-state index contributed by atoms with van der Waals surface area (Å²) in [5, 5.41) is 6.71. The van der Waals surface area contributed by atoms with Gasteiger partial charge in [-0.3, -0.25) is 9.59 Å². The minimum Gasteiger partial charge on any atom is -0.338 e. The number of rotatable bonds is 8. The van der Waals surface area contributed by atoms with E-state index in [0.717, 1.165) is 151 Å². The third kappa shape index (κ3) is 6.66. The molecular formula is C44H52N2O2S2Si2. The van der Waals surface area contributed by atoms with E-state index in [9.17, 15) is 9.59 Å². The molecule has 5 aromatic rings. The van der Waals surface area contributed by atoms with Gasteiger partial charge in [-0.15, -0.1) is 33.8 Å². The Labute approximate surface area is 320 Å². The van der Waals surface area contributed by atoms with Crippen LogP contribution in [0.15, 0.2) is 36.4 Å². The van der Waals surface area contributed by atoms with Gasteiger partial charge in [0, 0.05) is 57.5 Å². The van der Waals surface area contributed by atoms with Crippen LogP contribution in [0.4, 0.5) is 0 Å². The van der Waals surface area contributed by atoms with Gasteiger partial charge in [-0.2, -0.15) is 0 Å². The number of nitrogens with zero attached hydrogens (tertiary/aromatic N) is 2. The smallest absolute Gasteiger partial charge is 0.263 e. The van der Waals surface area contributed by atoms with Gasteiger partial charge in [0.05, 0.1) is 9.75 Å². The lowest BCUT2D eigenvalue weighted by molar-refractivity contribution is 0.0790. The highest BCUT2D eigenvalue weighted by Gasteiger charge is 2.28. The maximum Gasteiger partial charge on any atom is 0.263 e. The molecule has 2 amide bonds. The Kier molecular flexibility index (Phi) is 10.8. The van der Waals surface area contributed by atoms with E-state index in [4.69, 9.17) is 0 Å². The van der Waals surface area contributed by atoms with E-state index in [0.29, 0.717) is 0 Å². The zero-order valence-electron chi connectivity index (χ0n) is 31.9. The molecule has 3 aromatic carbocycles. The van der Waals surface area contributed by atoms with Crippen molar-refractivity contribution in [3.63, 3.8) is 0 Å². The normalized spacial score (nSPS) is 15.1. The lowest BCUT2D eigenvalue weighted by Gasteiger charge is -2.21. The molecule has 52 heavy (non-hydrogen) atoms. The third-order valence-electron chi connectivity index (χ3n) is 12.6. The highest BCUT2D eigenvalue weighted by Crippen LogP contribution is 2.41. The number of likely N-dealkylation sites (tertiary alicyclic amines) is 2. The van der Waals surface area contributed by atoms with Crippen molar-refractivity contribution >= 4 is 92.4 Å². The van der Waals surface area contributed by atoms with Gasteiger partial charge < -0.3 is 9.80 Å². The van der Waals surface area contributed by atoms with E-state index in [2.05, 4.69) is 101 Å². The lowest BCUT2D eigenvalue weighted by atomic mass is 9.91. The molecule has 0 atom stereocenters. The SMILES string of the molecule is CC[Si](C#Cc1c2cc3cc(C(=O)N4CCCC4)sc3cc2c(C#C[Si](CC)(CC)CC)c2cc3sc(C(=O)N4CCCC4)cc3cc12)(CC)CC. The van der Waals surface area contributed by atoms with Crippen molar-refractivity contribution < 1.29 is 9.59 Å². The first kappa shape index (κ1) is 36.9. The average molecular weight is 761 g/mol. The van der Waals surface area contributed by atoms with Gasteiger partial charge in [-0.1, -0.05) is 53.4 Å². The fourth-order valence-electron chi connectivity index (χ4n) is 8.34. The summed E-state index contributed by atoms with van der Waals surface area (Å²) < 4.78 is 2.24. The largest absolute Gasteiger partial charge is 0.338 e. The van der Waals surface area contributed by atoms with E-state index >= 15 is 0 Å². The van der Waals surface area contributed by atoms with Crippen molar-refractivity contribution in [1.82, 2.24) is 9.80 Å². The number of thiophene rings is 2. The van der Waals surface area contributed by atoms with E-state index in [-0.39, 0.29) is 11.8 Å². The molecule has 0 aliphatic carbocycles. The standard InChI is InChI=1S/C44H52N2O2S2Si2/c1-7-51(8-2,9-3)23-17-33-35-25-31-27-41(43(47)45-19-13-14-20-45)49-39(31)29-37(35)34(18-24-52(10-4,11-5)12-6)38-30-40-32(26-36(33)38)28-42(50-40)44(48)46-21-15-16-22-46/h25-30H,7-16,19-22H2,1-6H3. The van der Waals surface area contributed by atoms with Crippen molar-refractivity contribution in [2.45, 2.75) is 103 Å². The van der Waals surface area contributed by atoms with Crippen LogP contribution < -0.4 is 0 Å². The summed E-state index contributed by atoms with van der Waals surface area (Å²) in [5.41, 5.74) is 10.0. The summed E-state index contributed by atoms with van der Waals surface area (Å²) in [4.78, 5) is 32.8. The van der Waals surface area contributed by atoms with Crippen LogP contribution in [0.3, 0.4) is 0 Å². The first-order valence-corrected chi connectivity index (χ1v) is 26.6. The second kappa shape index (κ2) is 15.1. The van der Waals surface area contributed by atoms with Gasteiger partial charge >= 0.3 is 0 Å². The van der Waals surface area contributed by atoms with E-state index in [1.165, 1.54) is 0 Å². The predicted octanol–water partition coefficient (Wildman–Crippen LogP) is 11.7. The van der Waals surface area contributed by atoms with Gasteiger partial charge in [0.15, 0.2) is 0 Å². The van der Waals surface area contributed by atoms with Gasteiger partial charge in [-0.25, -0.2) is 0 Å². The Morgan fingerprint density at radius 1 is 0.538 bits per heavy atom. The monoisotopic (exact) mass is 760 g/mol. The molecule has 8 heteroatoms. The van der Waals surface area contributed by atoms with E-state index in [1.807, 2.05) is 9.80 Å². The first-order chi connectivity index (χ1) is 25.2. The van der Waals surface area contributed by atoms with Crippen LogP contribution in [0, 0.1) is 22.9 Å². The van der Waals surface area contributed by atoms with Gasteiger partial charge in [0.2, 0.25) is 0 Å². The van der Waals surface area contributed by atoms with Crippen molar-refractivity contribution in [2.75, 3.05) is 26.2 Å². The molecule has 2 aromatic heterocycles. The molecule has 0 unspecified atom stereocenters. The van der Waals surface area contributed by atoms with Crippen LogP contribution in [-0.4, -0.2) is 63.9 Å². The third-order valence-corrected chi connectivity index (χ3v) is 24.2. The number of hydrogen-bond donors (Lipinski definition) is 0. The molecule has 0 saturated carbocycles. The Balaban J connectivity index is 1.56. The average Bonchev–Trinajstić information content (AvgIpc) is 4.02. The highest BCUT2D eigenvalue weighted by molar-refractivity contribution is 7.21. The van der Waals surface area contributed by atoms with Crippen molar-refractivity contribution in [3.05, 3.63) is 57.3 Å². The molecule has 0 N–H and O–H groups in total. The summed E-state index contributed by atoms with van der Waals surface area (Å²) in [6.45, 7) is 17.3. The first-order valence-electron chi connectivity index (χ1n) is 19.8. The van der Waals surface area contributed by atoms with Crippen molar-refractivity contribution in [3.8, 4) is 22.9 Å². The molecule has 2 saturated heterocycles. The molecule has 4 heterocycles. The zero-order valence-corrected chi connectivity index (χ0v) is 35.5. The van der Waals surface area contributed by atoms with Crippen LogP contribution in [0.5, 0.6) is 0 Å². The number of fused-ring (bicyclic) bond motifs is 4. The molecule has 7 rings (SSSR count). The molecular weight excluding hydrogens is 709 g/mol.